The van der Waals surface area contributed by atoms with Crippen LogP contribution in [0.3, 0.4) is 0 Å². The summed E-state index contributed by atoms with van der Waals surface area (Å²) in [6.45, 7) is 5.79. The smallest absolute Gasteiger partial charge is 0.244 e. The Morgan fingerprint density at radius 1 is 1.38 bits per heavy atom. The Bertz CT molecular complexity index is 630. The van der Waals surface area contributed by atoms with Gasteiger partial charge >= 0.3 is 0 Å². The van der Waals surface area contributed by atoms with Gasteiger partial charge < -0.3 is 10.1 Å². The molecule has 2 rings (SSSR count). The minimum atomic E-state index is -0.284. The monoisotopic (exact) mass is 289 g/mol. The van der Waals surface area contributed by atoms with Gasteiger partial charge in [0, 0.05) is 11.1 Å². The average Bonchev–Trinajstić information content (AvgIpc) is 2.85. The molecule has 1 aromatic heterocycles. The first-order valence-electron chi connectivity index (χ1n) is 6.60. The van der Waals surface area contributed by atoms with Crippen molar-refractivity contribution in [1.29, 1.82) is 0 Å². The third kappa shape index (κ3) is 4.27. The van der Waals surface area contributed by atoms with Crippen LogP contribution in [0.25, 0.3) is 11.4 Å². The first-order valence-corrected chi connectivity index (χ1v) is 6.60. The minimum absolute atomic E-state index is 0.0360. The highest BCUT2D eigenvalue weighted by molar-refractivity contribution is 5.76. The number of aromatic nitrogens is 4. The highest BCUT2D eigenvalue weighted by atomic mass is 16.5. The quantitative estimate of drug-likeness (QED) is 0.916. The highest BCUT2D eigenvalue weighted by Crippen LogP contribution is 2.19. The maximum absolute atomic E-state index is 11.8. The van der Waals surface area contributed by atoms with E-state index in [2.05, 4.69) is 20.7 Å². The van der Waals surface area contributed by atoms with Crippen molar-refractivity contribution in [3.8, 4) is 17.1 Å². The van der Waals surface area contributed by atoms with E-state index in [1.54, 1.807) is 7.11 Å². The standard InChI is InChI=1S/C14H19N5O2/c1-14(2,3)15-12(20)9-19-17-13(16-18-19)10-6-5-7-11(8-10)21-4/h5-8H,9H2,1-4H3,(H,15,20). The molecule has 1 heterocycles. The zero-order chi connectivity index (χ0) is 15.5. The lowest BCUT2D eigenvalue weighted by Gasteiger charge is -2.19. The maximum Gasteiger partial charge on any atom is 0.244 e. The molecule has 0 aliphatic carbocycles. The lowest BCUT2D eigenvalue weighted by molar-refractivity contribution is -0.123. The lowest BCUT2D eigenvalue weighted by atomic mass is 10.1. The summed E-state index contributed by atoms with van der Waals surface area (Å²) in [5.41, 5.74) is 0.504. The number of hydrogen-bond acceptors (Lipinski definition) is 5. The van der Waals surface area contributed by atoms with Gasteiger partial charge in [0.2, 0.25) is 11.7 Å². The van der Waals surface area contributed by atoms with Crippen LogP contribution in [-0.4, -0.2) is 38.8 Å². The van der Waals surface area contributed by atoms with Crippen molar-refractivity contribution < 1.29 is 9.53 Å². The third-order valence-electron chi connectivity index (χ3n) is 2.58. The van der Waals surface area contributed by atoms with E-state index in [1.807, 2.05) is 45.0 Å². The topological polar surface area (TPSA) is 81.9 Å². The van der Waals surface area contributed by atoms with E-state index >= 15 is 0 Å². The Morgan fingerprint density at radius 3 is 2.81 bits per heavy atom. The molecule has 0 atom stereocenters. The molecule has 1 aromatic carbocycles. The molecular weight excluding hydrogens is 270 g/mol. The van der Waals surface area contributed by atoms with E-state index in [9.17, 15) is 4.79 Å². The number of ether oxygens (including phenoxy) is 1. The summed E-state index contributed by atoms with van der Waals surface area (Å²) < 4.78 is 5.16. The fourth-order valence-corrected chi connectivity index (χ4v) is 1.77. The maximum atomic E-state index is 11.8. The van der Waals surface area contributed by atoms with Gasteiger partial charge in [0.1, 0.15) is 12.3 Å². The fourth-order valence-electron chi connectivity index (χ4n) is 1.77. The van der Waals surface area contributed by atoms with Crippen LogP contribution in [0.5, 0.6) is 5.75 Å². The number of tetrazole rings is 1. The summed E-state index contributed by atoms with van der Waals surface area (Å²) in [7, 11) is 1.60. The van der Waals surface area contributed by atoms with Crippen LogP contribution in [0.4, 0.5) is 0 Å². The molecule has 0 aliphatic rings. The van der Waals surface area contributed by atoms with Crippen molar-refractivity contribution in [1.82, 2.24) is 25.5 Å². The van der Waals surface area contributed by atoms with Gasteiger partial charge in [-0.2, -0.15) is 4.80 Å². The largest absolute Gasteiger partial charge is 0.497 e. The van der Waals surface area contributed by atoms with Crippen molar-refractivity contribution in [2.75, 3.05) is 7.11 Å². The first kappa shape index (κ1) is 15.0. The van der Waals surface area contributed by atoms with Crippen molar-refractivity contribution >= 4 is 5.91 Å². The van der Waals surface area contributed by atoms with Crippen LogP contribution in [-0.2, 0) is 11.3 Å². The number of hydrogen-bond donors (Lipinski definition) is 1. The molecule has 7 nitrogen and oxygen atoms in total. The van der Waals surface area contributed by atoms with Crippen molar-refractivity contribution in [3.05, 3.63) is 24.3 Å². The zero-order valence-electron chi connectivity index (χ0n) is 12.6. The Morgan fingerprint density at radius 2 is 2.14 bits per heavy atom. The molecule has 7 heteroatoms. The summed E-state index contributed by atoms with van der Waals surface area (Å²) in [6.07, 6.45) is 0. The van der Waals surface area contributed by atoms with Gasteiger partial charge in [0.05, 0.1) is 7.11 Å². The van der Waals surface area contributed by atoms with Crippen molar-refractivity contribution in [3.63, 3.8) is 0 Å². The summed E-state index contributed by atoms with van der Waals surface area (Å²) in [4.78, 5) is 13.1. The number of nitrogens with zero attached hydrogens (tertiary/aromatic N) is 4. The molecule has 0 unspecified atom stereocenters. The number of rotatable bonds is 4. The Balaban J connectivity index is 2.09. The Hall–Kier alpha value is -2.44. The molecule has 1 amide bonds. The van der Waals surface area contributed by atoms with Crippen LogP contribution in [0.15, 0.2) is 24.3 Å². The van der Waals surface area contributed by atoms with Gasteiger partial charge in [-0.3, -0.25) is 4.79 Å². The second kappa shape index (κ2) is 5.90. The van der Waals surface area contributed by atoms with Crippen LogP contribution >= 0.6 is 0 Å². The molecule has 112 valence electrons. The molecule has 0 aliphatic heterocycles. The first-order chi connectivity index (χ1) is 9.87. The predicted molar refractivity (Wildman–Crippen MR) is 77.7 cm³/mol. The van der Waals surface area contributed by atoms with Gasteiger partial charge in [-0.05, 0) is 38.1 Å². The predicted octanol–water partition coefficient (Wildman–Crippen LogP) is 1.26. The van der Waals surface area contributed by atoms with Gasteiger partial charge in [-0.25, -0.2) is 0 Å². The second-order valence-electron chi connectivity index (χ2n) is 5.67. The Labute approximate surface area is 123 Å². The number of amides is 1. The van der Waals surface area contributed by atoms with Crippen LogP contribution < -0.4 is 10.1 Å². The third-order valence-corrected chi connectivity index (χ3v) is 2.58. The van der Waals surface area contributed by atoms with Gasteiger partial charge in [0.25, 0.3) is 0 Å². The number of benzene rings is 1. The fraction of sp³-hybridized carbons (Fsp3) is 0.429. The van der Waals surface area contributed by atoms with E-state index in [0.29, 0.717) is 11.6 Å². The molecule has 0 spiro atoms. The SMILES string of the molecule is COc1cccc(-c2nnn(CC(=O)NC(C)(C)C)n2)c1. The van der Waals surface area contributed by atoms with E-state index in [0.717, 1.165) is 5.56 Å². The number of carbonyl (C=O) groups excluding carboxylic acids is 1. The molecular formula is C14H19N5O2. The molecule has 0 saturated carbocycles. The Kier molecular flexibility index (Phi) is 4.21. The summed E-state index contributed by atoms with van der Waals surface area (Å²) in [5.74, 6) is 1.02. The van der Waals surface area contributed by atoms with Gasteiger partial charge in [0.15, 0.2) is 0 Å². The van der Waals surface area contributed by atoms with Crippen LogP contribution in [0, 0.1) is 0 Å². The van der Waals surface area contributed by atoms with E-state index < -0.39 is 0 Å². The van der Waals surface area contributed by atoms with Gasteiger partial charge in [-0.15, -0.1) is 10.2 Å². The molecule has 2 aromatic rings. The van der Waals surface area contributed by atoms with Crippen molar-refractivity contribution in [2.45, 2.75) is 32.9 Å². The molecule has 0 radical (unpaired) electrons. The van der Waals surface area contributed by atoms with E-state index in [4.69, 9.17) is 4.74 Å². The summed E-state index contributed by atoms with van der Waals surface area (Å²) in [6, 6.07) is 7.36. The van der Waals surface area contributed by atoms with Crippen LogP contribution in [0.2, 0.25) is 0 Å². The molecule has 21 heavy (non-hydrogen) atoms. The average molecular weight is 289 g/mol. The zero-order valence-corrected chi connectivity index (χ0v) is 12.6. The second-order valence-corrected chi connectivity index (χ2v) is 5.67. The molecule has 1 N–H and O–H groups in total. The highest BCUT2D eigenvalue weighted by Gasteiger charge is 2.15. The lowest BCUT2D eigenvalue weighted by Crippen LogP contribution is -2.42. The normalized spacial score (nSPS) is 11.2. The number of methoxy groups -OCH3 is 1. The minimum Gasteiger partial charge on any atom is -0.497 e. The number of nitrogens with one attached hydrogen (secondary N) is 1. The summed E-state index contributed by atoms with van der Waals surface area (Å²) >= 11 is 0. The molecule has 0 fully saturated rings. The molecule has 0 bridgehead atoms. The van der Waals surface area contributed by atoms with Crippen molar-refractivity contribution in [2.24, 2.45) is 0 Å². The number of carbonyl (C=O) groups is 1. The van der Waals surface area contributed by atoms with E-state index in [1.165, 1.54) is 4.80 Å². The van der Waals surface area contributed by atoms with E-state index in [-0.39, 0.29) is 18.0 Å². The summed E-state index contributed by atoms with van der Waals surface area (Å²) in [5, 5.41) is 14.9. The van der Waals surface area contributed by atoms with Gasteiger partial charge in [-0.1, -0.05) is 12.1 Å². The molecule has 0 saturated heterocycles. The van der Waals surface area contributed by atoms with Crippen LogP contribution in [0.1, 0.15) is 20.8 Å².